The zero-order chi connectivity index (χ0) is 22.9. The van der Waals surface area contributed by atoms with E-state index in [2.05, 4.69) is 40.2 Å². The first kappa shape index (κ1) is 21.5. The number of benzene rings is 2. The Morgan fingerprint density at radius 3 is 2.52 bits per heavy atom. The number of piperidine rings is 2. The van der Waals surface area contributed by atoms with Crippen LogP contribution in [0.5, 0.6) is 0 Å². The van der Waals surface area contributed by atoms with E-state index in [4.69, 9.17) is 0 Å². The van der Waals surface area contributed by atoms with Crippen LogP contribution in [-0.4, -0.2) is 47.2 Å². The first-order chi connectivity index (χ1) is 16.0. The smallest absolute Gasteiger partial charge is 0.262 e. The zero-order valence-electron chi connectivity index (χ0n) is 18.2. The van der Waals surface area contributed by atoms with Crippen LogP contribution in [0.4, 0.5) is 0 Å². The molecule has 5 rings (SSSR count). The van der Waals surface area contributed by atoms with E-state index < -0.39 is 23.8 Å². The van der Waals surface area contributed by atoms with E-state index in [-0.39, 0.29) is 18.7 Å². The predicted octanol–water partition coefficient (Wildman–Crippen LogP) is 1.67. The molecule has 3 atom stereocenters. The molecule has 3 aliphatic heterocycles. The molecule has 2 aromatic rings. The molecular formula is C25H26N4O4. The molecule has 2 aromatic carbocycles. The number of fused-ring (bicyclic) bond motifs is 1. The monoisotopic (exact) mass is 446 g/mol. The van der Waals surface area contributed by atoms with Crippen molar-refractivity contribution in [2.45, 2.75) is 50.4 Å². The van der Waals surface area contributed by atoms with Gasteiger partial charge in [-0.05, 0) is 49.1 Å². The van der Waals surface area contributed by atoms with Gasteiger partial charge in [0.1, 0.15) is 6.04 Å². The second kappa shape index (κ2) is 8.88. The fourth-order valence-corrected chi connectivity index (χ4v) is 4.93. The lowest BCUT2D eigenvalue weighted by molar-refractivity contribution is -0.136. The number of carbonyl (C=O) groups is 4. The molecule has 0 radical (unpaired) electrons. The zero-order valence-corrected chi connectivity index (χ0v) is 18.2. The Kier molecular flexibility index (Phi) is 5.78. The summed E-state index contributed by atoms with van der Waals surface area (Å²) in [5.41, 5.74) is 2.81. The van der Waals surface area contributed by atoms with E-state index in [0.717, 1.165) is 29.8 Å². The van der Waals surface area contributed by atoms with E-state index >= 15 is 0 Å². The van der Waals surface area contributed by atoms with Crippen molar-refractivity contribution in [1.29, 1.82) is 0 Å². The summed E-state index contributed by atoms with van der Waals surface area (Å²) >= 11 is 0. The summed E-state index contributed by atoms with van der Waals surface area (Å²) < 4.78 is 0. The number of imide groups is 2. The number of carbonyl (C=O) groups excluding carboxylic acids is 4. The van der Waals surface area contributed by atoms with Crippen molar-refractivity contribution in [3.63, 3.8) is 0 Å². The Labute approximate surface area is 191 Å². The lowest BCUT2D eigenvalue weighted by Crippen LogP contribution is -2.54. The van der Waals surface area contributed by atoms with Crippen molar-refractivity contribution < 1.29 is 19.2 Å². The number of hydrogen-bond donors (Lipinski definition) is 3. The van der Waals surface area contributed by atoms with Crippen LogP contribution in [0.3, 0.4) is 0 Å². The molecule has 0 aromatic heterocycles. The summed E-state index contributed by atoms with van der Waals surface area (Å²) in [4.78, 5) is 50.5. The van der Waals surface area contributed by atoms with Crippen molar-refractivity contribution in [2.24, 2.45) is 0 Å². The van der Waals surface area contributed by atoms with Crippen molar-refractivity contribution in [2.75, 3.05) is 6.54 Å². The van der Waals surface area contributed by atoms with E-state index in [9.17, 15) is 19.2 Å². The van der Waals surface area contributed by atoms with Crippen molar-refractivity contribution in [1.82, 2.24) is 20.9 Å². The third-order valence-corrected chi connectivity index (χ3v) is 6.70. The summed E-state index contributed by atoms with van der Waals surface area (Å²) in [6.07, 6.45) is 2.24. The van der Waals surface area contributed by atoms with Crippen LogP contribution in [0.2, 0.25) is 0 Å². The molecular weight excluding hydrogens is 420 g/mol. The first-order valence-electron chi connectivity index (χ1n) is 11.4. The van der Waals surface area contributed by atoms with Crippen LogP contribution in [0.1, 0.15) is 63.6 Å². The Morgan fingerprint density at radius 2 is 1.73 bits per heavy atom. The van der Waals surface area contributed by atoms with E-state index in [1.165, 1.54) is 5.56 Å². The number of hydrogen-bond acceptors (Lipinski definition) is 6. The quantitative estimate of drug-likeness (QED) is 0.603. The predicted molar refractivity (Wildman–Crippen MR) is 120 cm³/mol. The average molecular weight is 447 g/mol. The molecule has 0 saturated carbocycles. The van der Waals surface area contributed by atoms with Gasteiger partial charge in [-0.2, -0.15) is 0 Å². The standard InChI is InChI=1S/C25H26N4O4/c30-22-9-8-21(23(31)28-22)29-24(32)18-7-6-15(12-19(18)25(29)33)14-27-17-10-11-26-20(13-17)16-4-2-1-3-5-16/h1-7,12,17,20-21,26-27H,8-11,13-14H2,(H,28,30,31)/t17-,20-,21?/m1/s1. The van der Waals surface area contributed by atoms with Gasteiger partial charge < -0.3 is 10.6 Å². The van der Waals surface area contributed by atoms with Gasteiger partial charge in [0.15, 0.2) is 0 Å². The molecule has 2 saturated heterocycles. The van der Waals surface area contributed by atoms with Crippen LogP contribution in [0.15, 0.2) is 48.5 Å². The molecule has 2 fully saturated rings. The van der Waals surface area contributed by atoms with Crippen molar-refractivity contribution in [3.05, 3.63) is 70.8 Å². The highest BCUT2D eigenvalue weighted by Crippen LogP contribution is 2.29. The van der Waals surface area contributed by atoms with Gasteiger partial charge in [0.2, 0.25) is 11.8 Å². The van der Waals surface area contributed by atoms with Crippen LogP contribution >= 0.6 is 0 Å². The largest absolute Gasteiger partial charge is 0.310 e. The Balaban J connectivity index is 1.25. The highest BCUT2D eigenvalue weighted by atomic mass is 16.2. The number of rotatable bonds is 5. The molecule has 1 unspecified atom stereocenters. The molecule has 0 spiro atoms. The van der Waals surface area contributed by atoms with Gasteiger partial charge >= 0.3 is 0 Å². The third kappa shape index (κ3) is 4.19. The summed E-state index contributed by atoms with van der Waals surface area (Å²) in [6, 6.07) is 15.3. The van der Waals surface area contributed by atoms with Crippen LogP contribution in [0.25, 0.3) is 0 Å². The van der Waals surface area contributed by atoms with Gasteiger partial charge in [0.25, 0.3) is 11.8 Å². The van der Waals surface area contributed by atoms with Gasteiger partial charge in [-0.1, -0.05) is 36.4 Å². The first-order valence-corrected chi connectivity index (χ1v) is 11.4. The van der Waals surface area contributed by atoms with Gasteiger partial charge in [-0.3, -0.25) is 29.4 Å². The normalized spacial score (nSPS) is 25.2. The third-order valence-electron chi connectivity index (χ3n) is 6.70. The topological polar surface area (TPSA) is 108 Å². The van der Waals surface area contributed by atoms with Crippen LogP contribution in [0, 0.1) is 0 Å². The van der Waals surface area contributed by atoms with Crippen molar-refractivity contribution >= 4 is 23.6 Å². The molecule has 33 heavy (non-hydrogen) atoms. The number of nitrogens with zero attached hydrogens (tertiary/aromatic N) is 1. The Bertz CT molecular complexity index is 1120. The molecule has 4 amide bonds. The second-order valence-corrected chi connectivity index (χ2v) is 8.85. The minimum atomic E-state index is -0.943. The lowest BCUT2D eigenvalue weighted by atomic mass is 9.93. The SMILES string of the molecule is O=C1CCC(N2C(=O)c3ccc(CN[C@@H]4CCN[C@@H](c5ccccc5)C4)cc3C2=O)C(=O)N1. The number of amides is 4. The van der Waals surface area contributed by atoms with Crippen molar-refractivity contribution in [3.8, 4) is 0 Å². The Hall–Kier alpha value is -3.36. The maximum absolute atomic E-state index is 13.0. The molecule has 8 heteroatoms. The van der Waals surface area contributed by atoms with Gasteiger partial charge in [-0.25, -0.2) is 0 Å². The molecule has 3 aliphatic rings. The second-order valence-electron chi connectivity index (χ2n) is 8.85. The summed E-state index contributed by atoms with van der Waals surface area (Å²) in [7, 11) is 0. The fourth-order valence-electron chi connectivity index (χ4n) is 4.93. The Morgan fingerprint density at radius 1 is 0.939 bits per heavy atom. The van der Waals surface area contributed by atoms with Gasteiger partial charge in [0, 0.05) is 25.0 Å². The molecule has 0 aliphatic carbocycles. The van der Waals surface area contributed by atoms with Crippen LogP contribution < -0.4 is 16.0 Å². The molecule has 0 bridgehead atoms. The van der Waals surface area contributed by atoms with E-state index in [1.54, 1.807) is 12.1 Å². The molecule has 170 valence electrons. The highest BCUT2D eigenvalue weighted by molar-refractivity contribution is 6.23. The van der Waals surface area contributed by atoms with Gasteiger partial charge in [0.05, 0.1) is 11.1 Å². The van der Waals surface area contributed by atoms with E-state index in [1.807, 2.05) is 12.1 Å². The summed E-state index contributed by atoms with van der Waals surface area (Å²) in [5.74, 6) is -1.93. The maximum Gasteiger partial charge on any atom is 0.262 e. The summed E-state index contributed by atoms with van der Waals surface area (Å²) in [5, 5.41) is 9.38. The maximum atomic E-state index is 13.0. The molecule has 8 nitrogen and oxygen atoms in total. The van der Waals surface area contributed by atoms with Crippen LogP contribution in [-0.2, 0) is 16.1 Å². The molecule has 3 N–H and O–H groups in total. The summed E-state index contributed by atoms with van der Waals surface area (Å²) in [6.45, 7) is 1.51. The average Bonchev–Trinajstić information content (AvgIpc) is 3.08. The fraction of sp³-hybridized carbons (Fsp3) is 0.360. The lowest BCUT2D eigenvalue weighted by Gasteiger charge is -2.31. The minimum absolute atomic E-state index is 0.110. The highest BCUT2D eigenvalue weighted by Gasteiger charge is 2.44. The number of nitrogens with one attached hydrogen (secondary N) is 3. The van der Waals surface area contributed by atoms with Gasteiger partial charge in [-0.15, -0.1) is 0 Å². The molecule has 3 heterocycles. The minimum Gasteiger partial charge on any atom is -0.310 e. The van der Waals surface area contributed by atoms with E-state index in [0.29, 0.717) is 29.8 Å².